The van der Waals surface area contributed by atoms with Gasteiger partial charge in [0.2, 0.25) is 5.24 Å². The van der Waals surface area contributed by atoms with Crippen LogP contribution in [-0.4, -0.2) is 11.9 Å². The minimum atomic E-state index is -0.268. The Balaban J connectivity index is 2.85. The Labute approximate surface area is 71.9 Å². The largest absolute Gasteiger partial charge is 0.281 e. The van der Waals surface area contributed by atoms with Crippen molar-refractivity contribution in [1.29, 1.82) is 0 Å². The minimum absolute atomic E-state index is 0.228. The van der Waals surface area contributed by atoms with Gasteiger partial charge >= 0.3 is 0 Å². The molecular weight excluding hydrogens is 166 g/mol. The van der Waals surface area contributed by atoms with Crippen LogP contribution < -0.4 is 0 Å². The maximum absolute atomic E-state index is 11.6. The second kappa shape index (κ2) is 7.99. The van der Waals surface area contributed by atoms with Gasteiger partial charge in [-0.05, 0) is 24.4 Å². The van der Waals surface area contributed by atoms with E-state index in [1.165, 1.54) is 0 Å². The lowest BCUT2D eigenvalue weighted by Crippen LogP contribution is -1.86. The molecule has 0 amide bonds. The Morgan fingerprint density at radius 3 is 2.18 bits per heavy atom. The number of alkyl halides is 1. The molecule has 0 bridgehead atoms. The first-order chi connectivity index (χ1) is 5.27. The topological polar surface area (TPSA) is 17.1 Å². The van der Waals surface area contributed by atoms with Crippen molar-refractivity contribution in [2.75, 3.05) is 6.67 Å². The summed E-state index contributed by atoms with van der Waals surface area (Å²) in [6.45, 7) is -0.228. The molecule has 0 fully saturated rings. The number of carbonyl (C=O) groups excluding carboxylic acids is 1. The fourth-order valence-corrected chi connectivity index (χ4v) is 1.02. The van der Waals surface area contributed by atoms with Crippen LogP contribution in [0.25, 0.3) is 0 Å². The standard InChI is InChI=1S/C8H14ClFO/c9-8(11)6-4-2-1-3-5-7-10/h1-7H2/i10-1. The molecule has 0 spiro atoms. The third kappa shape index (κ3) is 9.89. The Morgan fingerprint density at radius 2 is 1.64 bits per heavy atom. The summed E-state index contributed by atoms with van der Waals surface area (Å²) < 4.78 is 11.6. The van der Waals surface area contributed by atoms with Crippen LogP contribution in [-0.2, 0) is 4.79 Å². The summed E-state index contributed by atoms with van der Waals surface area (Å²) in [7, 11) is 0. The molecule has 0 aromatic carbocycles. The van der Waals surface area contributed by atoms with Crippen molar-refractivity contribution in [3.8, 4) is 0 Å². The molecule has 0 saturated heterocycles. The van der Waals surface area contributed by atoms with Crippen LogP contribution in [0.2, 0.25) is 0 Å². The zero-order chi connectivity index (χ0) is 8.53. The average molecular weight is 180 g/mol. The van der Waals surface area contributed by atoms with E-state index >= 15 is 0 Å². The molecule has 0 heterocycles. The van der Waals surface area contributed by atoms with E-state index in [1.807, 2.05) is 0 Å². The van der Waals surface area contributed by atoms with Crippen molar-refractivity contribution in [2.45, 2.75) is 38.5 Å². The highest BCUT2D eigenvalue weighted by molar-refractivity contribution is 6.63. The second-order valence-corrected chi connectivity index (χ2v) is 2.98. The molecule has 0 aliphatic rings. The molecule has 11 heavy (non-hydrogen) atoms. The summed E-state index contributed by atoms with van der Waals surface area (Å²) in [5, 5.41) is -0.268. The van der Waals surface area contributed by atoms with Gasteiger partial charge in [-0.1, -0.05) is 19.3 Å². The normalized spacial score (nSPS) is 10.0. The smallest absolute Gasteiger partial charge is 0.221 e. The molecule has 1 nitrogen and oxygen atoms in total. The number of halogens is 2. The average Bonchev–Trinajstić information content (AvgIpc) is 1.96. The SMILES string of the molecule is O=C(Cl)CCCCCCC[18F]. The van der Waals surface area contributed by atoms with Gasteiger partial charge in [-0.15, -0.1) is 0 Å². The van der Waals surface area contributed by atoms with E-state index in [9.17, 15) is 9.18 Å². The van der Waals surface area contributed by atoms with Gasteiger partial charge in [0, 0.05) is 6.42 Å². The van der Waals surface area contributed by atoms with Crippen LogP contribution in [0.5, 0.6) is 0 Å². The zero-order valence-electron chi connectivity index (χ0n) is 6.61. The predicted molar refractivity (Wildman–Crippen MR) is 44.5 cm³/mol. The maximum atomic E-state index is 11.6. The van der Waals surface area contributed by atoms with Crippen molar-refractivity contribution in [1.82, 2.24) is 0 Å². The molecule has 0 unspecified atom stereocenters. The van der Waals surface area contributed by atoms with Gasteiger partial charge in [-0.2, -0.15) is 0 Å². The van der Waals surface area contributed by atoms with Crippen LogP contribution in [0.4, 0.5) is 4.39 Å². The summed E-state index contributed by atoms with van der Waals surface area (Å²) in [5.41, 5.74) is 0. The van der Waals surface area contributed by atoms with Crippen LogP contribution in [0.3, 0.4) is 0 Å². The van der Waals surface area contributed by atoms with Gasteiger partial charge in [-0.25, -0.2) is 0 Å². The Morgan fingerprint density at radius 1 is 1.09 bits per heavy atom. The quantitative estimate of drug-likeness (QED) is 0.434. The highest BCUT2D eigenvalue weighted by Gasteiger charge is 1.95. The first-order valence-corrected chi connectivity index (χ1v) is 4.39. The number of carbonyl (C=O) groups is 1. The van der Waals surface area contributed by atoms with E-state index in [-0.39, 0.29) is 11.9 Å². The number of hydrogen-bond donors (Lipinski definition) is 0. The second-order valence-electron chi connectivity index (χ2n) is 2.56. The number of unbranched alkanes of at least 4 members (excludes halogenated alkanes) is 4. The van der Waals surface area contributed by atoms with Gasteiger partial charge in [0.15, 0.2) is 0 Å². The van der Waals surface area contributed by atoms with Crippen LogP contribution >= 0.6 is 11.6 Å². The van der Waals surface area contributed by atoms with Gasteiger partial charge in [0.1, 0.15) is 0 Å². The third-order valence-corrected chi connectivity index (χ3v) is 1.70. The highest BCUT2D eigenvalue weighted by Crippen LogP contribution is 2.06. The molecule has 0 N–H and O–H groups in total. The Hall–Kier alpha value is -0.110. The van der Waals surface area contributed by atoms with Gasteiger partial charge in [-0.3, -0.25) is 9.18 Å². The summed E-state index contributed by atoms with van der Waals surface area (Å²) in [6.07, 6.45) is 4.86. The van der Waals surface area contributed by atoms with Crippen molar-refractivity contribution in [2.24, 2.45) is 0 Å². The summed E-state index contributed by atoms with van der Waals surface area (Å²) in [6, 6.07) is 0. The first-order valence-electron chi connectivity index (χ1n) is 4.01. The summed E-state index contributed by atoms with van der Waals surface area (Å²) in [5.74, 6) is 0. The predicted octanol–water partition coefficient (Wildman–Crippen LogP) is 3.06. The van der Waals surface area contributed by atoms with Crippen LogP contribution in [0.15, 0.2) is 0 Å². The molecule has 0 rings (SSSR count). The number of hydrogen-bond acceptors (Lipinski definition) is 1. The molecule has 0 aromatic rings. The molecule has 3 heteroatoms. The monoisotopic (exact) mass is 179 g/mol. The lowest BCUT2D eigenvalue weighted by Gasteiger charge is -1.96. The van der Waals surface area contributed by atoms with Gasteiger partial charge in [0.25, 0.3) is 0 Å². The fraction of sp³-hybridized carbons (Fsp3) is 0.875. The summed E-state index contributed by atoms with van der Waals surface area (Å²) in [4.78, 5) is 10.2. The molecule has 0 radical (unpaired) electrons. The molecule has 0 aliphatic heterocycles. The van der Waals surface area contributed by atoms with Crippen molar-refractivity contribution in [3.63, 3.8) is 0 Å². The maximum Gasteiger partial charge on any atom is 0.221 e. The molecule has 0 aliphatic carbocycles. The van der Waals surface area contributed by atoms with Crippen LogP contribution in [0.1, 0.15) is 38.5 Å². The minimum Gasteiger partial charge on any atom is -0.281 e. The van der Waals surface area contributed by atoms with Gasteiger partial charge < -0.3 is 0 Å². The molecule has 0 aromatic heterocycles. The van der Waals surface area contributed by atoms with Crippen molar-refractivity contribution >= 4 is 16.8 Å². The third-order valence-electron chi connectivity index (χ3n) is 1.51. The van der Waals surface area contributed by atoms with Crippen LogP contribution in [0, 0.1) is 0 Å². The van der Waals surface area contributed by atoms with E-state index in [2.05, 4.69) is 0 Å². The number of rotatable bonds is 7. The molecule has 0 atom stereocenters. The van der Waals surface area contributed by atoms with E-state index in [4.69, 9.17) is 11.6 Å². The molecular formula is C8H14ClFO. The zero-order valence-corrected chi connectivity index (χ0v) is 7.37. The highest BCUT2D eigenvalue weighted by atomic mass is 35.5. The van der Waals surface area contributed by atoms with Crippen molar-refractivity contribution < 1.29 is 9.18 Å². The fourth-order valence-electron chi connectivity index (χ4n) is 0.889. The molecule has 0 saturated carbocycles. The van der Waals surface area contributed by atoms with Crippen molar-refractivity contribution in [3.05, 3.63) is 0 Å². The van der Waals surface area contributed by atoms with E-state index < -0.39 is 0 Å². The van der Waals surface area contributed by atoms with Gasteiger partial charge in [0.05, 0.1) is 6.67 Å². The molecule has 66 valence electrons. The lowest BCUT2D eigenvalue weighted by atomic mass is 10.1. The Bertz CT molecular complexity index is 106. The first kappa shape index (κ1) is 10.9. The Kier molecular flexibility index (Phi) is 7.91. The summed E-state index contributed by atoms with van der Waals surface area (Å²) >= 11 is 5.12. The lowest BCUT2D eigenvalue weighted by molar-refractivity contribution is -0.111. The van der Waals surface area contributed by atoms with E-state index in [0.717, 1.165) is 25.7 Å². The van der Waals surface area contributed by atoms with E-state index in [0.29, 0.717) is 12.8 Å². The van der Waals surface area contributed by atoms with E-state index in [1.54, 1.807) is 0 Å².